The molecular weight excluding hydrogens is 759 g/mol. The zero-order valence-corrected chi connectivity index (χ0v) is 33.4. The molecule has 0 aliphatic heterocycles. The highest BCUT2D eigenvalue weighted by Gasteiger charge is 2.20. The Labute approximate surface area is 357 Å². The van der Waals surface area contributed by atoms with Crippen molar-refractivity contribution >= 4 is 43.9 Å². The molecular formula is C57H35N3O2. The maximum absolute atomic E-state index is 6.26. The summed E-state index contributed by atoms with van der Waals surface area (Å²) in [6, 6.07) is 73.5. The lowest BCUT2D eigenvalue weighted by Gasteiger charge is -2.15. The van der Waals surface area contributed by atoms with Crippen molar-refractivity contribution < 1.29 is 8.83 Å². The first-order valence-electron chi connectivity index (χ1n) is 20.7. The van der Waals surface area contributed by atoms with Crippen LogP contribution in [0.4, 0.5) is 0 Å². The van der Waals surface area contributed by atoms with E-state index in [0.29, 0.717) is 17.5 Å². The quantitative estimate of drug-likeness (QED) is 0.161. The van der Waals surface area contributed by atoms with E-state index in [-0.39, 0.29) is 0 Å². The molecule has 0 aliphatic carbocycles. The average molecular weight is 794 g/mol. The summed E-state index contributed by atoms with van der Waals surface area (Å²) in [6.45, 7) is 0. The van der Waals surface area contributed by atoms with Crippen molar-refractivity contribution in [3.8, 4) is 78.7 Å². The second kappa shape index (κ2) is 14.7. The summed E-state index contributed by atoms with van der Waals surface area (Å²) in [5, 5.41) is 4.30. The van der Waals surface area contributed by atoms with Gasteiger partial charge in [-0.1, -0.05) is 158 Å². The first kappa shape index (κ1) is 35.5. The highest BCUT2D eigenvalue weighted by atomic mass is 16.3. The number of benzene rings is 9. The number of rotatable bonds is 7. The Balaban J connectivity index is 1.11. The maximum Gasteiger partial charge on any atom is 0.164 e. The molecule has 0 saturated carbocycles. The second-order valence-electron chi connectivity index (χ2n) is 15.5. The van der Waals surface area contributed by atoms with Crippen LogP contribution >= 0.6 is 0 Å². The largest absolute Gasteiger partial charge is 0.456 e. The van der Waals surface area contributed by atoms with Crippen LogP contribution in [0.25, 0.3) is 123 Å². The van der Waals surface area contributed by atoms with E-state index in [4.69, 9.17) is 23.8 Å². The van der Waals surface area contributed by atoms with E-state index in [0.717, 1.165) is 105 Å². The predicted molar refractivity (Wildman–Crippen MR) is 252 cm³/mol. The molecule has 9 aromatic carbocycles. The number of nitrogens with zero attached hydrogens (tertiary/aromatic N) is 3. The van der Waals surface area contributed by atoms with Crippen LogP contribution in [0.15, 0.2) is 221 Å². The molecule has 0 saturated heterocycles. The molecule has 290 valence electrons. The van der Waals surface area contributed by atoms with E-state index >= 15 is 0 Å². The lowest BCUT2D eigenvalue weighted by atomic mass is 9.94. The molecule has 0 radical (unpaired) electrons. The Morgan fingerprint density at radius 1 is 0.226 bits per heavy atom. The predicted octanol–water partition coefficient (Wildman–Crippen LogP) is 15.3. The van der Waals surface area contributed by atoms with E-state index in [9.17, 15) is 0 Å². The fourth-order valence-electron chi connectivity index (χ4n) is 8.74. The highest BCUT2D eigenvalue weighted by Crippen LogP contribution is 2.40. The number of hydrogen-bond donors (Lipinski definition) is 0. The molecule has 0 N–H and O–H groups in total. The molecule has 5 nitrogen and oxygen atoms in total. The number of para-hydroxylation sites is 2. The third-order valence-corrected chi connectivity index (χ3v) is 11.8. The molecule has 0 spiro atoms. The van der Waals surface area contributed by atoms with Gasteiger partial charge in [-0.15, -0.1) is 0 Å². The van der Waals surface area contributed by atoms with E-state index in [2.05, 4.69) is 164 Å². The lowest BCUT2D eigenvalue weighted by Crippen LogP contribution is -2.02. The van der Waals surface area contributed by atoms with Crippen LogP contribution in [0.2, 0.25) is 0 Å². The summed E-state index contributed by atoms with van der Waals surface area (Å²) in [5.74, 6) is 1.76. The minimum Gasteiger partial charge on any atom is -0.456 e. The van der Waals surface area contributed by atoms with Crippen LogP contribution in [0, 0.1) is 0 Å². The summed E-state index contributed by atoms with van der Waals surface area (Å²) >= 11 is 0. The van der Waals surface area contributed by atoms with Crippen molar-refractivity contribution in [1.29, 1.82) is 0 Å². The van der Waals surface area contributed by atoms with E-state index in [1.807, 2.05) is 48.5 Å². The number of aromatic nitrogens is 3. The summed E-state index contributed by atoms with van der Waals surface area (Å²) in [5.41, 5.74) is 14.6. The van der Waals surface area contributed by atoms with Gasteiger partial charge in [0, 0.05) is 38.2 Å². The van der Waals surface area contributed by atoms with Gasteiger partial charge in [-0.2, -0.15) is 0 Å². The third-order valence-electron chi connectivity index (χ3n) is 11.8. The maximum atomic E-state index is 6.26. The van der Waals surface area contributed by atoms with Crippen LogP contribution < -0.4 is 0 Å². The molecule has 12 aromatic rings. The molecule has 0 amide bonds. The summed E-state index contributed by atoms with van der Waals surface area (Å²) in [6.07, 6.45) is 0. The van der Waals surface area contributed by atoms with Crippen LogP contribution in [0.5, 0.6) is 0 Å². The molecule has 3 aromatic heterocycles. The summed E-state index contributed by atoms with van der Waals surface area (Å²) in [7, 11) is 0. The monoisotopic (exact) mass is 793 g/mol. The fourth-order valence-corrected chi connectivity index (χ4v) is 8.74. The molecule has 0 atom stereocenters. The Kier molecular flexibility index (Phi) is 8.42. The number of furan rings is 2. The van der Waals surface area contributed by atoms with Gasteiger partial charge in [0.1, 0.15) is 22.3 Å². The molecule has 62 heavy (non-hydrogen) atoms. The number of fused-ring (bicyclic) bond motifs is 6. The second-order valence-corrected chi connectivity index (χ2v) is 15.5. The zero-order chi connectivity index (χ0) is 41.0. The molecule has 5 heteroatoms. The first-order valence-corrected chi connectivity index (χ1v) is 20.7. The van der Waals surface area contributed by atoms with Gasteiger partial charge in [0.15, 0.2) is 17.5 Å². The van der Waals surface area contributed by atoms with E-state index < -0.39 is 0 Å². The minimum absolute atomic E-state index is 0.573. The van der Waals surface area contributed by atoms with Crippen molar-refractivity contribution in [1.82, 2.24) is 15.0 Å². The zero-order valence-electron chi connectivity index (χ0n) is 33.4. The average Bonchev–Trinajstić information content (AvgIpc) is 3.92. The normalized spacial score (nSPS) is 11.5. The van der Waals surface area contributed by atoms with Crippen molar-refractivity contribution in [2.45, 2.75) is 0 Å². The van der Waals surface area contributed by atoms with Gasteiger partial charge in [-0.3, -0.25) is 0 Å². The van der Waals surface area contributed by atoms with Crippen molar-refractivity contribution in [3.63, 3.8) is 0 Å². The molecule has 0 bridgehead atoms. The Morgan fingerprint density at radius 2 is 0.597 bits per heavy atom. The van der Waals surface area contributed by atoms with E-state index in [1.54, 1.807) is 0 Å². The Morgan fingerprint density at radius 3 is 1.08 bits per heavy atom. The van der Waals surface area contributed by atoms with Crippen molar-refractivity contribution in [3.05, 3.63) is 212 Å². The van der Waals surface area contributed by atoms with Gasteiger partial charge < -0.3 is 8.83 Å². The molecule has 3 heterocycles. The van der Waals surface area contributed by atoms with Crippen LogP contribution in [0.3, 0.4) is 0 Å². The first-order chi connectivity index (χ1) is 30.7. The minimum atomic E-state index is 0.573. The fraction of sp³-hybridized carbons (Fsp3) is 0. The van der Waals surface area contributed by atoms with Gasteiger partial charge in [0.25, 0.3) is 0 Å². The number of hydrogen-bond acceptors (Lipinski definition) is 5. The van der Waals surface area contributed by atoms with Crippen LogP contribution in [0.1, 0.15) is 0 Å². The van der Waals surface area contributed by atoms with Crippen molar-refractivity contribution in [2.75, 3.05) is 0 Å². The van der Waals surface area contributed by atoms with Gasteiger partial charge in [0.05, 0.1) is 0 Å². The highest BCUT2D eigenvalue weighted by molar-refractivity contribution is 6.08. The Bertz CT molecular complexity index is 3410. The van der Waals surface area contributed by atoms with Gasteiger partial charge in [-0.05, 0) is 99.1 Å². The molecule has 12 rings (SSSR count). The van der Waals surface area contributed by atoms with Gasteiger partial charge >= 0.3 is 0 Å². The van der Waals surface area contributed by atoms with E-state index in [1.165, 1.54) is 0 Å². The Hall–Kier alpha value is -8.41. The molecule has 0 fully saturated rings. The SMILES string of the molecule is c1ccc(-c2ccccc2-c2nc(-c3cc(-c4ccc5oc6ccccc6c5c4)cc(-c4ccc5oc6ccccc6c5c4)c3)nc(-c3ccccc3-c3ccccc3)n2)cc1. The van der Waals surface area contributed by atoms with Gasteiger partial charge in [-0.25, -0.2) is 15.0 Å². The topological polar surface area (TPSA) is 65.0 Å². The summed E-state index contributed by atoms with van der Waals surface area (Å²) in [4.78, 5) is 16.0. The third kappa shape index (κ3) is 6.23. The smallest absolute Gasteiger partial charge is 0.164 e. The van der Waals surface area contributed by atoms with Gasteiger partial charge in [0.2, 0.25) is 0 Å². The van der Waals surface area contributed by atoms with Crippen LogP contribution in [-0.4, -0.2) is 15.0 Å². The molecule has 0 unspecified atom stereocenters. The summed E-state index contributed by atoms with van der Waals surface area (Å²) < 4.78 is 12.5. The van der Waals surface area contributed by atoms with Crippen LogP contribution in [-0.2, 0) is 0 Å². The standard InChI is InChI=1S/C57H35N3O2/c1-3-15-36(16-4-1)43-19-7-9-23-47(43)56-58-55(59-57(60-56)48-24-10-8-20-44(48)37-17-5-2-6-18-37)42-32-40(38-27-29-53-49(34-38)45-21-11-13-25-51(45)61-53)31-41(33-42)39-28-30-54-50(35-39)46-22-12-14-26-52(46)62-54/h1-35H. The van der Waals surface area contributed by atoms with Crippen molar-refractivity contribution in [2.24, 2.45) is 0 Å². The lowest BCUT2D eigenvalue weighted by molar-refractivity contribution is 0.668. The molecule has 0 aliphatic rings.